The molecule has 1 nitrogen and oxygen atoms in total. The second kappa shape index (κ2) is 4.31. The largest absolute Gasteiger partial charge is 0.357 e. The molecule has 0 amide bonds. The van der Waals surface area contributed by atoms with Crippen LogP contribution in [0.3, 0.4) is 0 Å². The summed E-state index contributed by atoms with van der Waals surface area (Å²) in [6.45, 7) is 4.64. The number of piperidine rings is 1. The highest BCUT2D eigenvalue weighted by atomic mass is 32.2. The van der Waals surface area contributed by atoms with Gasteiger partial charge >= 0.3 is 0 Å². The molecule has 1 rings (SSSR count). The highest BCUT2D eigenvalue weighted by Gasteiger charge is 2.17. The van der Waals surface area contributed by atoms with E-state index in [9.17, 15) is 0 Å². The number of nitrogens with zero attached hydrogens (tertiary/aromatic N) is 1. The Morgan fingerprint density at radius 1 is 1.64 bits per heavy atom. The molecule has 0 aromatic heterocycles. The Labute approximate surface area is 78.5 Å². The maximum absolute atomic E-state index is 5.22. The van der Waals surface area contributed by atoms with E-state index in [0.29, 0.717) is 0 Å². The molecule has 1 aliphatic rings. The van der Waals surface area contributed by atoms with Crippen molar-refractivity contribution in [3.05, 3.63) is 0 Å². The molecule has 0 spiro atoms. The van der Waals surface area contributed by atoms with E-state index in [-0.39, 0.29) is 0 Å². The van der Waals surface area contributed by atoms with Gasteiger partial charge in [0.15, 0.2) is 0 Å². The van der Waals surface area contributed by atoms with E-state index < -0.39 is 0 Å². The van der Waals surface area contributed by atoms with Crippen LogP contribution in [0.4, 0.5) is 0 Å². The van der Waals surface area contributed by atoms with Gasteiger partial charge in [-0.2, -0.15) is 0 Å². The summed E-state index contributed by atoms with van der Waals surface area (Å²) in [6, 6.07) is 0. The van der Waals surface area contributed by atoms with E-state index >= 15 is 0 Å². The molecule has 0 aromatic rings. The van der Waals surface area contributed by atoms with Gasteiger partial charge in [0.1, 0.15) is 4.32 Å². The average molecular weight is 189 g/mol. The fourth-order valence-corrected chi connectivity index (χ4v) is 2.07. The van der Waals surface area contributed by atoms with E-state index in [1.807, 2.05) is 0 Å². The summed E-state index contributed by atoms with van der Waals surface area (Å²) in [7, 11) is 0. The monoisotopic (exact) mass is 189 g/mol. The lowest BCUT2D eigenvalue weighted by atomic mass is 10.0. The zero-order chi connectivity index (χ0) is 8.27. The van der Waals surface area contributed by atoms with Crippen molar-refractivity contribution in [3.8, 4) is 0 Å². The van der Waals surface area contributed by atoms with Gasteiger partial charge in [0.25, 0.3) is 0 Å². The summed E-state index contributed by atoms with van der Waals surface area (Å²) in [5.74, 6) is 0.828. The maximum Gasteiger partial charge on any atom is 0.136 e. The van der Waals surface area contributed by atoms with Crippen molar-refractivity contribution in [1.29, 1.82) is 0 Å². The molecule has 0 aromatic carbocycles. The van der Waals surface area contributed by atoms with Crippen molar-refractivity contribution < 1.29 is 0 Å². The van der Waals surface area contributed by atoms with Crippen molar-refractivity contribution in [2.75, 3.05) is 19.3 Å². The molecule has 3 heteroatoms. The fourth-order valence-electron chi connectivity index (χ4n) is 1.48. The Morgan fingerprint density at radius 3 is 2.91 bits per heavy atom. The zero-order valence-corrected chi connectivity index (χ0v) is 8.80. The summed E-state index contributed by atoms with van der Waals surface area (Å²) in [5.41, 5.74) is 0. The fraction of sp³-hybridized carbons (Fsp3) is 0.875. The van der Waals surface area contributed by atoms with Gasteiger partial charge in [0, 0.05) is 13.1 Å². The van der Waals surface area contributed by atoms with Gasteiger partial charge in [0.2, 0.25) is 0 Å². The van der Waals surface area contributed by atoms with Crippen LogP contribution >= 0.6 is 24.0 Å². The summed E-state index contributed by atoms with van der Waals surface area (Å²) in [6.07, 6.45) is 4.73. The predicted octanol–water partition coefficient (Wildman–Crippen LogP) is 2.37. The van der Waals surface area contributed by atoms with Gasteiger partial charge in [-0.3, -0.25) is 0 Å². The van der Waals surface area contributed by atoms with Gasteiger partial charge in [-0.15, -0.1) is 11.8 Å². The number of thiocarbonyl (C=S) groups is 1. The third-order valence-electron chi connectivity index (χ3n) is 2.09. The van der Waals surface area contributed by atoms with Crippen molar-refractivity contribution in [1.82, 2.24) is 4.90 Å². The van der Waals surface area contributed by atoms with E-state index in [1.54, 1.807) is 11.8 Å². The van der Waals surface area contributed by atoms with Gasteiger partial charge in [-0.25, -0.2) is 0 Å². The Bertz CT molecular complexity index is 147. The lowest BCUT2D eigenvalue weighted by Crippen LogP contribution is -2.36. The lowest BCUT2D eigenvalue weighted by Gasteiger charge is -2.32. The van der Waals surface area contributed by atoms with Gasteiger partial charge in [0.05, 0.1) is 0 Å². The second-order valence-corrected chi connectivity index (χ2v) is 4.60. The van der Waals surface area contributed by atoms with Crippen LogP contribution in [0.5, 0.6) is 0 Å². The lowest BCUT2D eigenvalue weighted by molar-refractivity contribution is 0.280. The van der Waals surface area contributed by atoms with Gasteiger partial charge in [-0.05, 0) is 25.0 Å². The van der Waals surface area contributed by atoms with Crippen LogP contribution in [-0.2, 0) is 0 Å². The molecule has 1 fully saturated rings. The number of likely N-dealkylation sites (tertiary alicyclic amines) is 1. The first-order valence-corrected chi connectivity index (χ1v) is 5.70. The van der Waals surface area contributed by atoms with Crippen LogP contribution in [0.15, 0.2) is 0 Å². The number of thioether (sulfide) groups is 1. The minimum absolute atomic E-state index is 0.828. The Kier molecular flexibility index (Phi) is 3.66. The Balaban J connectivity index is 2.39. The third-order valence-corrected chi connectivity index (χ3v) is 3.46. The topological polar surface area (TPSA) is 3.24 Å². The molecule has 1 unspecified atom stereocenters. The molecule has 1 aliphatic heterocycles. The van der Waals surface area contributed by atoms with Crippen LogP contribution in [0, 0.1) is 5.92 Å². The van der Waals surface area contributed by atoms with Crippen molar-refractivity contribution in [2.24, 2.45) is 5.92 Å². The molecule has 1 heterocycles. The first-order chi connectivity index (χ1) is 5.24. The SMILES string of the molecule is CSC(=S)N1CCCC(C)C1. The van der Waals surface area contributed by atoms with E-state index in [4.69, 9.17) is 12.2 Å². The van der Waals surface area contributed by atoms with Crippen LogP contribution in [0.25, 0.3) is 0 Å². The first kappa shape index (κ1) is 9.33. The Morgan fingerprint density at radius 2 is 2.36 bits per heavy atom. The molecule has 0 radical (unpaired) electrons. The summed E-state index contributed by atoms with van der Waals surface area (Å²) in [5, 5.41) is 0. The second-order valence-electron chi connectivity index (χ2n) is 3.16. The van der Waals surface area contributed by atoms with Crippen LogP contribution < -0.4 is 0 Å². The van der Waals surface area contributed by atoms with E-state index in [1.165, 1.54) is 25.9 Å². The molecular formula is C8H15NS2. The standard InChI is InChI=1S/C8H15NS2/c1-7-4-3-5-9(6-7)8(10)11-2/h7H,3-6H2,1-2H3. The van der Waals surface area contributed by atoms with Gasteiger partial charge in [-0.1, -0.05) is 19.1 Å². The number of hydrogen-bond donors (Lipinski definition) is 0. The quantitative estimate of drug-likeness (QED) is 0.539. The normalized spacial score (nSPS) is 25.3. The molecule has 0 aliphatic carbocycles. The number of rotatable bonds is 0. The highest BCUT2D eigenvalue weighted by molar-refractivity contribution is 8.22. The molecule has 1 saturated heterocycles. The molecular weight excluding hydrogens is 174 g/mol. The van der Waals surface area contributed by atoms with Crippen molar-refractivity contribution in [2.45, 2.75) is 19.8 Å². The molecule has 0 saturated carbocycles. The highest BCUT2D eigenvalue weighted by Crippen LogP contribution is 2.18. The maximum atomic E-state index is 5.22. The van der Waals surface area contributed by atoms with Crippen molar-refractivity contribution >= 4 is 28.3 Å². The molecule has 64 valence electrons. The number of hydrogen-bond acceptors (Lipinski definition) is 2. The average Bonchev–Trinajstić information content (AvgIpc) is 2.03. The summed E-state index contributed by atoms with van der Waals surface area (Å²) in [4.78, 5) is 2.33. The third kappa shape index (κ3) is 2.64. The van der Waals surface area contributed by atoms with Crippen LogP contribution in [0.1, 0.15) is 19.8 Å². The molecule has 0 N–H and O–H groups in total. The summed E-state index contributed by atoms with van der Waals surface area (Å²) < 4.78 is 1.07. The predicted molar refractivity (Wildman–Crippen MR) is 56.1 cm³/mol. The van der Waals surface area contributed by atoms with Crippen LogP contribution in [-0.4, -0.2) is 28.6 Å². The molecule has 11 heavy (non-hydrogen) atoms. The first-order valence-electron chi connectivity index (χ1n) is 4.07. The van der Waals surface area contributed by atoms with E-state index in [2.05, 4.69) is 18.1 Å². The Hall–Kier alpha value is 0.240. The minimum Gasteiger partial charge on any atom is -0.357 e. The smallest absolute Gasteiger partial charge is 0.136 e. The van der Waals surface area contributed by atoms with Crippen LogP contribution in [0.2, 0.25) is 0 Å². The van der Waals surface area contributed by atoms with Gasteiger partial charge < -0.3 is 4.90 Å². The minimum atomic E-state index is 0.828. The molecule has 0 bridgehead atoms. The summed E-state index contributed by atoms with van der Waals surface area (Å²) >= 11 is 6.91. The van der Waals surface area contributed by atoms with Crippen molar-refractivity contribution in [3.63, 3.8) is 0 Å². The van der Waals surface area contributed by atoms with E-state index in [0.717, 1.165) is 10.2 Å². The zero-order valence-electron chi connectivity index (χ0n) is 7.17. The molecule has 1 atom stereocenters.